The summed E-state index contributed by atoms with van der Waals surface area (Å²) in [6, 6.07) is 45.4. The number of para-hydroxylation sites is 2. The molecule has 3 heterocycles. The molecule has 0 unspecified atom stereocenters. The van der Waals surface area contributed by atoms with Crippen LogP contribution in [-0.2, 0) is 0 Å². The van der Waals surface area contributed by atoms with Gasteiger partial charge in [0.2, 0.25) is 0 Å². The topological polar surface area (TPSA) is 22.8 Å². The first-order chi connectivity index (χ1) is 18.8. The maximum absolute atomic E-state index is 4.84. The SMILES string of the molecule is c1ccc(-c2ccnc(-n3c4ccccc4c4cc5cc6ccn(-c7ccccc7)c6cc5cc43)c2)cc1. The maximum atomic E-state index is 4.84. The van der Waals surface area contributed by atoms with Gasteiger partial charge in [0.25, 0.3) is 0 Å². The summed E-state index contributed by atoms with van der Waals surface area (Å²) < 4.78 is 4.57. The van der Waals surface area contributed by atoms with Gasteiger partial charge in [-0.25, -0.2) is 4.98 Å². The maximum Gasteiger partial charge on any atom is 0.138 e. The number of pyridine rings is 1. The van der Waals surface area contributed by atoms with Crippen molar-refractivity contribution in [2.75, 3.05) is 0 Å². The quantitative estimate of drug-likeness (QED) is 0.245. The summed E-state index contributed by atoms with van der Waals surface area (Å²) in [4.78, 5) is 4.84. The van der Waals surface area contributed by atoms with Crippen molar-refractivity contribution in [1.82, 2.24) is 14.1 Å². The lowest BCUT2D eigenvalue weighted by molar-refractivity contribution is 1.08. The summed E-state index contributed by atoms with van der Waals surface area (Å²) in [7, 11) is 0. The highest BCUT2D eigenvalue weighted by molar-refractivity contribution is 6.14. The molecule has 0 N–H and O–H groups in total. The molecule has 3 aromatic heterocycles. The summed E-state index contributed by atoms with van der Waals surface area (Å²) in [6.45, 7) is 0. The van der Waals surface area contributed by atoms with Gasteiger partial charge in [0, 0.05) is 34.2 Å². The third kappa shape index (κ3) is 3.19. The van der Waals surface area contributed by atoms with Gasteiger partial charge in [-0.2, -0.15) is 0 Å². The van der Waals surface area contributed by atoms with Gasteiger partial charge in [0.05, 0.1) is 16.6 Å². The second kappa shape index (κ2) is 8.19. The minimum atomic E-state index is 0.922. The molecule has 8 rings (SSSR count). The molecule has 3 heteroatoms. The second-order valence-corrected chi connectivity index (χ2v) is 9.77. The molecular weight excluding hydrogens is 462 g/mol. The Bertz CT molecular complexity index is 2120. The molecule has 38 heavy (non-hydrogen) atoms. The minimum absolute atomic E-state index is 0.922. The smallest absolute Gasteiger partial charge is 0.138 e. The normalized spacial score (nSPS) is 11.7. The molecule has 0 aliphatic heterocycles. The van der Waals surface area contributed by atoms with E-state index in [1.54, 1.807) is 0 Å². The predicted octanol–water partition coefficient (Wildman–Crippen LogP) is 8.94. The molecule has 8 aromatic rings. The second-order valence-electron chi connectivity index (χ2n) is 9.77. The van der Waals surface area contributed by atoms with E-state index in [1.807, 2.05) is 6.20 Å². The van der Waals surface area contributed by atoms with E-state index in [0.29, 0.717) is 0 Å². The van der Waals surface area contributed by atoms with Crippen molar-refractivity contribution in [1.29, 1.82) is 0 Å². The Kier molecular flexibility index (Phi) is 4.52. The summed E-state index contributed by atoms with van der Waals surface area (Å²) in [5, 5.41) is 6.16. The van der Waals surface area contributed by atoms with Gasteiger partial charge in [-0.1, -0.05) is 66.7 Å². The van der Waals surface area contributed by atoms with E-state index in [-0.39, 0.29) is 0 Å². The van der Waals surface area contributed by atoms with E-state index in [9.17, 15) is 0 Å². The molecule has 0 radical (unpaired) electrons. The van der Waals surface area contributed by atoms with E-state index in [0.717, 1.165) is 22.4 Å². The molecule has 0 spiro atoms. The molecule has 3 nitrogen and oxygen atoms in total. The van der Waals surface area contributed by atoms with Crippen molar-refractivity contribution in [3.8, 4) is 22.6 Å². The highest BCUT2D eigenvalue weighted by Crippen LogP contribution is 2.36. The van der Waals surface area contributed by atoms with Crippen LogP contribution in [0.3, 0.4) is 0 Å². The lowest BCUT2D eigenvalue weighted by atomic mass is 10.0. The molecule has 0 bridgehead atoms. The Hall–Kier alpha value is -5.15. The molecule has 0 atom stereocenters. The highest BCUT2D eigenvalue weighted by atomic mass is 15.1. The van der Waals surface area contributed by atoms with Gasteiger partial charge in [-0.05, 0) is 82.6 Å². The fourth-order valence-electron chi connectivity index (χ4n) is 5.76. The number of nitrogens with zero attached hydrogens (tertiary/aromatic N) is 3. The molecular formula is C35H23N3. The van der Waals surface area contributed by atoms with Crippen LogP contribution < -0.4 is 0 Å². The summed E-state index contributed by atoms with van der Waals surface area (Å²) >= 11 is 0. The van der Waals surface area contributed by atoms with Gasteiger partial charge in [-0.3, -0.25) is 4.57 Å². The average Bonchev–Trinajstić information content (AvgIpc) is 3.54. The first-order valence-corrected chi connectivity index (χ1v) is 12.9. The van der Waals surface area contributed by atoms with Crippen LogP contribution in [0.25, 0.3) is 66.1 Å². The fraction of sp³-hybridized carbons (Fsp3) is 0. The molecule has 0 aliphatic carbocycles. The molecule has 178 valence electrons. The number of rotatable bonds is 3. The van der Waals surface area contributed by atoms with Gasteiger partial charge in [-0.15, -0.1) is 0 Å². The van der Waals surface area contributed by atoms with Crippen molar-refractivity contribution >= 4 is 43.5 Å². The van der Waals surface area contributed by atoms with Crippen LogP contribution >= 0.6 is 0 Å². The largest absolute Gasteiger partial charge is 0.317 e. The monoisotopic (exact) mass is 485 g/mol. The third-order valence-electron chi connectivity index (χ3n) is 7.56. The number of fused-ring (bicyclic) bond motifs is 5. The molecule has 0 fully saturated rings. The standard InChI is InChI=1S/C35H23N3/c1-3-9-24(10-4-1)25-15-17-36-35(23-25)38-32-14-8-7-13-30(32)31-20-27-19-26-16-18-37(29-11-5-2-6-12-29)33(26)21-28(27)22-34(31)38/h1-23H. The molecule has 5 aromatic carbocycles. The fourth-order valence-corrected chi connectivity index (χ4v) is 5.76. The zero-order valence-electron chi connectivity index (χ0n) is 20.6. The first kappa shape index (κ1) is 21.0. The lowest BCUT2D eigenvalue weighted by Gasteiger charge is -2.10. The minimum Gasteiger partial charge on any atom is -0.317 e. The Morgan fingerprint density at radius 1 is 0.474 bits per heavy atom. The van der Waals surface area contributed by atoms with E-state index < -0.39 is 0 Å². The van der Waals surface area contributed by atoms with Crippen molar-refractivity contribution in [2.24, 2.45) is 0 Å². The Morgan fingerprint density at radius 2 is 1.21 bits per heavy atom. The van der Waals surface area contributed by atoms with Crippen LogP contribution in [0.1, 0.15) is 0 Å². The molecule has 0 saturated heterocycles. The number of benzene rings is 5. The van der Waals surface area contributed by atoms with Crippen LogP contribution in [-0.4, -0.2) is 14.1 Å². The molecule has 0 aliphatic rings. The Labute approximate surface area is 219 Å². The van der Waals surface area contributed by atoms with Gasteiger partial charge < -0.3 is 4.57 Å². The summed E-state index contributed by atoms with van der Waals surface area (Å²) in [5.41, 5.74) is 7.03. The van der Waals surface area contributed by atoms with Crippen LogP contribution in [0.2, 0.25) is 0 Å². The summed E-state index contributed by atoms with van der Waals surface area (Å²) in [5.74, 6) is 0.922. The highest BCUT2D eigenvalue weighted by Gasteiger charge is 2.15. The van der Waals surface area contributed by atoms with Crippen molar-refractivity contribution in [2.45, 2.75) is 0 Å². The van der Waals surface area contributed by atoms with E-state index in [4.69, 9.17) is 4.98 Å². The van der Waals surface area contributed by atoms with Crippen LogP contribution in [0.4, 0.5) is 0 Å². The zero-order chi connectivity index (χ0) is 25.1. The van der Waals surface area contributed by atoms with Crippen LogP contribution in [0, 0.1) is 0 Å². The predicted molar refractivity (Wildman–Crippen MR) is 158 cm³/mol. The Morgan fingerprint density at radius 3 is 2.08 bits per heavy atom. The molecule has 0 amide bonds. The number of hydrogen-bond donors (Lipinski definition) is 0. The van der Waals surface area contributed by atoms with Crippen LogP contribution in [0.5, 0.6) is 0 Å². The summed E-state index contributed by atoms with van der Waals surface area (Å²) in [6.07, 6.45) is 4.07. The van der Waals surface area contributed by atoms with Crippen molar-refractivity contribution in [3.63, 3.8) is 0 Å². The van der Waals surface area contributed by atoms with Crippen molar-refractivity contribution in [3.05, 3.63) is 140 Å². The van der Waals surface area contributed by atoms with E-state index in [1.165, 1.54) is 43.7 Å². The van der Waals surface area contributed by atoms with Crippen LogP contribution in [0.15, 0.2) is 140 Å². The average molecular weight is 486 g/mol. The van der Waals surface area contributed by atoms with Gasteiger partial charge >= 0.3 is 0 Å². The van der Waals surface area contributed by atoms with E-state index >= 15 is 0 Å². The zero-order valence-corrected chi connectivity index (χ0v) is 20.6. The van der Waals surface area contributed by atoms with Gasteiger partial charge in [0.1, 0.15) is 5.82 Å². The molecule has 0 saturated carbocycles. The first-order valence-electron chi connectivity index (χ1n) is 12.9. The van der Waals surface area contributed by atoms with Crippen molar-refractivity contribution < 1.29 is 0 Å². The Balaban J connectivity index is 1.41. The number of hydrogen-bond acceptors (Lipinski definition) is 1. The third-order valence-corrected chi connectivity index (χ3v) is 7.56. The lowest BCUT2D eigenvalue weighted by Crippen LogP contribution is -1.97. The number of aromatic nitrogens is 3. The van der Waals surface area contributed by atoms with E-state index in [2.05, 4.69) is 143 Å². The van der Waals surface area contributed by atoms with Gasteiger partial charge in [0.15, 0.2) is 0 Å².